The summed E-state index contributed by atoms with van der Waals surface area (Å²) in [5.41, 5.74) is 2.42. The van der Waals surface area contributed by atoms with Gasteiger partial charge in [0.25, 0.3) is 0 Å². The molecule has 1 aliphatic heterocycles. The zero-order valence-corrected chi connectivity index (χ0v) is 20.6. The van der Waals surface area contributed by atoms with Crippen LogP contribution in [0.2, 0.25) is 0 Å². The van der Waals surface area contributed by atoms with Crippen LogP contribution in [0.25, 0.3) is 22.4 Å². The molecule has 34 heavy (non-hydrogen) atoms. The van der Waals surface area contributed by atoms with E-state index in [4.69, 9.17) is 14.2 Å². The van der Waals surface area contributed by atoms with Crippen LogP contribution in [0.3, 0.4) is 0 Å². The normalized spacial score (nSPS) is 16.2. The predicted octanol–water partition coefficient (Wildman–Crippen LogP) is 3.98. The summed E-state index contributed by atoms with van der Waals surface area (Å²) >= 11 is 1.50. The maximum Gasteiger partial charge on any atom is 0.243 e. The summed E-state index contributed by atoms with van der Waals surface area (Å²) in [7, 11) is -3.59. The van der Waals surface area contributed by atoms with E-state index in [1.807, 2.05) is 50.2 Å². The third-order valence-corrected chi connectivity index (χ3v) is 8.68. The first-order chi connectivity index (χ1) is 16.5. The molecule has 0 radical (unpaired) electrons. The lowest BCUT2D eigenvalue weighted by Crippen LogP contribution is -2.40. The van der Waals surface area contributed by atoms with E-state index in [0.29, 0.717) is 50.1 Å². The molecule has 9 nitrogen and oxygen atoms in total. The van der Waals surface area contributed by atoms with E-state index in [9.17, 15) is 8.42 Å². The number of thioether (sulfide) groups is 1. The number of aromatic nitrogens is 4. The molecule has 178 valence electrons. The summed E-state index contributed by atoms with van der Waals surface area (Å²) in [6, 6.07) is 14.8. The van der Waals surface area contributed by atoms with Gasteiger partial charge in [-0.2, -0.15) is 9.29 Å². The summed E-state index contributed by atoms with van der Waals surface area (Å²) in [4.78, 5) is 9.56. The number of aryl methyl sites for hydroxylation is 1. The highest BCUT2D eigenvalue weighted by Gasteiger charge is 2.27. The van der Waals surface area contributed by atoms with E-state index >= 15 is 0 Å². The van der Waals surface area contributed by atoms with Crippen molar-refractivity contribution in [3.8, 4) is 11.4 Å². The molecular formula is C23H25N5O4S2. The maximum atomic E-state index is 13.1. The number of sulfonamides is 1. The van der Waals surface area contributed by atoms with Crippen molar-refractivity contribution >= 4 is 32.8 Å². The minimum Gasteiger partial charge on any atom is -0.379 e. The van der Waals surface area contributed by atoms with Crippen molar-refractivity contribution in [3.05, 3.63) is 54.4 Å². The quantitative estimate of drug-likeness (QED) is 0.352. The van der Waals surface area contributed by atoms with Gasteiger partial charge in [-0.15, -0.1) is 0 Å². The highest BCUT2D eigenvalue weighted by Crippen LogP contribution is 2.36. The van der Waals surface area contributed by atoms with Crippen molar-refractivity contribution in [2.45, 2.75) is 35.7 Å². The van der Waals surface area contributed by atoms with Crippen LogP contribution in [0.15, 0.2) is 63.1 Å². The van der Waals surface area contributed by atoms with Crippen molar-refractivity contribution in [2.75, 3.05) is 26.3 Å². The standard InChI is InChI=1S/C23H25N5O4S2/c1-3-28-20-10-9-18(34(29,30)27-11-13-31-14-12-27)15-19(20)24-23(28)33-16(2)22-25-21(26-32-22)17-7-5-4-6-8-17/h4-10,15-16H,3,11-14H2,1-2H3. The Bertz CT molecular complexity index is 1400. The SMILES string of the molecule is CCn1c(SC(C)c2nc(-c3ccccc3)no2)nc2cc(S(=O)(=O)N3CCOCC3)ccc21. The Labute approximate surface area is 202 Å². The number of imidazole rings is 1. The van der Waals surface area contributed by atoms with E-state index in [0.717, 1.165) is 16.2 Å². The van der Waals surface area contributed by atoms with Crippen molar-refractivity contribution in [3.63, 3.8) is 0 Å². The molecule has 0 bridgehead atoms. The minimum absolute atomic E-state index is 0.136. The second-order valence-electron chi connectivity index (χ2n) is 7.89. The van der Waals surface area contributed by atoms with E-state index in [2.05, 4.69) is 14.7 Å². The van der Waals surface area contributed by atoms with Gasteiger partial charge in [-0.3, -0.25) is 0 Å². The Balaban J connectivity index is 1.42. The fourth-order valence-electron chi connectivity index (χ4n) is 3.89. The van der Waals surface area contributed by atoms with Gasteiger partial charge in [0.15, 0.2) is 5.16 Å². The molecule has 11 heteroatoms. The van der Waals surface area contributed by atoms with Gasteiger partial charge in [0.2, 0.25) is 21.7 Å². The van der Waals surface area contributed by atoms with Crippen LogP contribution in [0, 0.1) is 0 Å². The van der Waals surface area contributed by atoms with E-state index in [1.54, 1.807) is 12.1 Å². The zero-order chi connectivity index (χ0) is 23.7. The zero-order valence-electron chi connectivity index (χ0n) is 18.9. The number of benzene rings is 2. The summed E-state index contributed by atoms with van der Waals surface area (Å²) < 4.78 is 40.5. The summed E-state index contributed by atoms with van der Waals surface area (Å²) in [6.45, 7) is 6.25. The molecule has 4 aromatic rings. The predicted molar refractivity (Wildman–Crippen MR) is 129 cm³/mol. The Kier molecular flexibility index (Phi) is 6.43. The molecule has 5 rings (SSSR count). The largest absolute Gasteiger partial charge is 0.379 e. The van der Waals surface area contributed by atoms with Crippen molar-refractivity contribution in [1.29, 1.82) is 0 Å². The first kappa shape index (κ1) is 23.0. The molecule has 0 saturated carbocycles. The Morgan fingerprint density at radius 2 is 1.85 bits per heavy atom. The highest BCUT2D eigenvalue weighted by atomic mass is 32.2. The van der Waals surface area contributed by atoms with Gasteiger partial charge in [0.05, 0.1) is 34.4 Å². The lowest BCUT2D eigenvalue weighted by molar-refractivity contribution is 0.0730. The van der Waals surface area contributed by atoms with E-state index in [-0.39, 0.29) is 10.1 Å². The monoisotopic (exact) mass is 499 g/mol. The number of ether oxygens (including phenoxy) is 1. The highest BCUT2D eigenvalue weighted by molar-refractivity contribution is 7.99. The Hall–Kier alpha value is -2.73. The van der Waals surface area contributed by atoms with Crippen LogP contribution >= 0.6 is 11.8 Å². The van der Waals surface area contributed by atoms with Crippen LogP contribution in [0.1, 0.15) is 25.0 Å². The van der Waals surface area contributed by atoms with Gasteiger partial charge in [0.1, 0.15) is 0 Å². The van der Waals surface area contributed by atoms with Gasteiger partial charge in [-0.25, -0.2) is 13.4 Å². The van der Waals surface area contributed by atoms with Gasteiger partial charge in [0, 0.05) is 25.2 Å². The van der Waals surface area contributed by atoms with Crippen molar-refractivity contribution < 1.29 is 17.7 Å². The van der Waals surface area contributed by atoms with Crippen molar-refractivity contribution in [1.82, 2.24) is 24.0 Å². The Morgan fingerprint density at radius 1 is 1.09 bits per heavy atom. The molecule has 0 spiro atoms. The van der Waals surface area contributed by atoms with Gasteiger partial charge in [-0.1, -0.05) is 47.3 Å². The van der Waals surface area contributed by atoms with Crippen LogP contribution in [-0.2, 0) is 21.3 Å². The molecule has 2 aromatic carbocycles. The first-order valence-corrected chi connectivity index (χ1v) is 13.4. The van der Waals surface area contributed by atoms with E-state index in [1.165, 1.54) is 16.1 Å². The second-order valence-corrected chi connectivity index (χ2v) is 11.1. The lowest BCUT2D eigenvalue weighted by atomic mass is 10.2. The third kappa shape index (κ3) is 4.36. The smallest absolute Gasteiger partial charge is 0.243 e. The number of morpholine rings is 1. The molecule has 1 atom stereocenters. The molecule has 3 heterocycles. The molecule has 0 amide bonds. The fraction of sp³-hybridized carbons (Fsp3) is 0.348. The second kappa shape index (κ2) is 9.49. The Morgan fingerprint density at radius 3 is 2.59 bits per heavy atom. The van der Waals surface area contributed by atoms with Crippen LogP contribution in [0.4, 0.5) is 0 Å². The lowest BCUT2D eigenvalue weighted by Gasteiger charge is -2.26. The summed E-state index contributed by atoms with van der Waals surface area (Å²) in [5.74, 6) is 1.05. The van der Waals surface area contributed by atoms with Gasteiger partial charge < -0.3 is 13.8 Å². The van der Waals surface area contributed by atoms with Crippen LogP contribution < -0.4 is 0 Å². The first-order valence-electron chi connectivity index (χ1n) is 11.1. The van der Waals surface area contributed by atoms with Gasteiger partial charge in [-0.05, 0) is 32.0 Å². The molecule has 1 saturated heterocycles. The number of nitrogens with zero attached hydrogens (tertiary/aromatic N) is 5. The number of hydrogen-bond donors (Lipinski definition) is 0. The minimum atomic E-state index is -3.59. The van der Waals surface area contributed by atoms with Crippen LogP contribution in [-0.4, -0.2) is 58.7 Å². The molecule has 1 aliphatic rings. The van der Waals surface area contributed by atoms with E-state index < -0.39 is 10.0 Å². The summed E-state index contributed by atoms with van der Waals surface area (Å²) in [6.07, 6.45) is 0. The fourth-order valence-corrected chi connectivity index (χ4v) is 6.34. The third-order valence-electron chi connectivity index (χ3n) is 5.71. The topological polar surface area (TPSA) is 103 Å². The number of fused-ring (bicyclic) bond motifs is 1. The summed E-state index contributed by atoms with van der Waals surface area (Å²) in [5, 5.41) is 4.74. The molecular weight excluding hydrogens is 474 g/mol. The number of rotatable bonds is 7. The maximum absolute atomic E-state index is 13.1. The average Bonchev–Trinajstić information content (AvgIpc) is 3.49. The number of hydrogen-bond acceptors (Lipinski definition) is 8. The van der Waals surface area contributed by atoms with Crippen LogP contribution in [0.5, 0.6) is 0 Å². The van der Waals surface area contributed by atoms with Gasteiger partial charge >= 0.3 is 0 Å². The molecule has 0 N–H and O–H groups in total. The molecule has 1 fully saturated rings. The average molecular weight is 500 g/mol. The molecule has 1 unspecified atom stereocenters. The van der Waals surface area contributed by atoms with Crippen molar-refractivity contribution in [2.24, 2.45) is 0 Å². The molecule has 2 aromatic heterocycles. The molecule has 0 aliphatic carbocycles.